The fraction of sp³-hybridized carbons (Fsp3) is 0.300. The molecule has 1 atom stereocenters. The Morgan fingerprint density at radius 2 is 1.71 bits per heavy atom. The molecule has 1 fully saturated rings. The van der Waals surface area contributed by atoms with E-state index in [4.69, 9.17) is 5.11 Å². The van der Waals surface area contributed by atoms with E-state index in [2.05, 4.69) is 5.32 Å². The number of benzene rings is 2. The molecule has 1 amide bonds. The lowest BCUT2D eigenvalue weighted by molar-refractivity contribution is -0.123. The van der Waals surface area contributed by atoms with Gasteiger partial charge in [-0.2, -0.15) is 0 Å². The zero-order valence-corrected chi connectivity index (χ0v) is 13.4. The number of rotatable bonds is 7. The van der Waals surface area contributed by atoms with Gasteiger partial charge < -0.3 is 10.4 Å². The molecule has 2 N–H and O–H groups in total. The molecule has 24 heavy (non-hydrogen) atoms. The summed E-state index contributed by atoms with van der Waals surface area (Å²) in [7, 11) is 0. The van der Waals surface area contributed by atoms with E-state index in [1.54, 1.807) is 24.3 Å². The molecule has 0 heterocycles. The highest BCUT2D eigenvalue weighted by Crippen LogP contribution is 2.42. The second kappa shape index (κ2) is 7.30. The second-order valence-electron chi connectivity index (χ2n) is 6.27. The van der Waals surface area contributed by atoms with Gasteiger partial charge in [0, 0.05) is 6.54 Å². The van der Waals surface area contributed by atoms with Crippen molar-refractivity contribution in [1.82, 2.24) is 5.32 Å². The Morgan fingerprint density at radius 3 is 2.29 bits per heavy atom. The molecule has 124 valence electrons. The van der Waals surface area contributed by atoms with Crippen LogP contribution < -0.4 is 5.32 Å². The molecule has 0 aromatic heterocycles. The monoisotopic (exact) mass is 323 g/mol. The summed E-state index contributed by atoms with van der Waals surface area (Å²) in [5.41, 5.74) is 2.38. The van der Waals surface area contributed by atoms with E-state index in [-0.39, 0.29) is 17.4 Å². The third kappa shape index (κ3) is 4.02. The molecule has 0 spiro atoms. The van der Waals surface area contributed by atoms with Gasteiger partial charge in [0.05, 0.1) is 11.5 Å². The minimum Gasteiger partial charge on any atom is -0.478 e. The van der Waals surface area contributed by atoms with Gasteiger partial charge in [-0.25, -0.2) is 4.79 Å². The van der Waals surface area contributed by atoms with Crippen LogP contribution in [0.5, 0.6) is 0 Å². The van der Waals surface area contributed by atoms with Gasteiger partial charge >= 0.3 is 5.97 Å². The maximum Gasteiger partial charge on any atom is 0.335 e. The van der Waals surface area contributed by atoms with E-state index < -0.39 is 5.97 Å². The van der Waals surface area contributed by atoms with Crippen molar-refractivity contribution in [2.24, 2.45) is 5.92 Å². The summed E-state index contributed by atoms with van der Waals surface area (Å²) in [6.45, 7) is 0.557. The van der Waals surface area contributed by atoms with E-state index >= 15 is 0 Å². The van der Waals surface area contributed by atoms with Crippen molar-refractivity contribution < 1.29 is 14.7 Å². The predicted octanol–water partition coefficient (Wildman–Crippen LogP) is 3.24. The SMILES string of the molecule is O=C(O)c1ccc(CCNC(=O)C(c2ccccc2)C2CC2)cc1. The van der Waals surface area contributed by atoms with E-state index in [9.17, 15) is 9.59 Å². The molecule has 0 saturated heterocycles. The fourth-order valence-corrected chi connectivity index (χ4v) is 2.98. The van der Waals surface area contributed by atoms with Crippen molar-refractivity contribution in [2.75, 3.05) is 6.54 Å². The summed E-state index contributed by atoms with van der Waals surface area (Å²) >= 11 is 0. The second-order valence-corrected chi connectivity index (χ2v) is 6.27. The summed E-state index contributed by atoms with van der Waals surface area (Å²) in [4.78, 5) is 23.4. The number of hydrogen-bond acceptors (Lipinski definition) is 2. The van der Waals surface area contributed by atoms with Crippen LogP contribution in [0.3, 0.4) is 0 Å². The van der Waals surface area contributed by atoms with E-state index in [1.807, 2.05) is 30.3 Å². The van der Waals surface area contributed by atoms with E-state index in [0.717, 1.165) is 24.0 Å². The van der Waals surface area contributed by atoms with Crippen LogP contribution in [0.25, 0.3) is 0 Å². The molecule has 0 aliphatic heterocycles. The normalized spacial score (nSPS) is 14.8. The predicted molar refractivity (Wildman–Crippen MR) is 92.0 cm³/mol. The summed E-state index contributed by atoms with van der Waals surface area (Å²) in [5, 5.41) is 11.9. The van der Waals surface area contributed by atoms with Gasteiger partial charge in [0.2, 0.25) is 5.91 Å². The van der Waals surface area contributed by atoms with Crippen LogP contribution in [0.2, 0.25) is 0 Å². The lowest BCUT2D eigenvalue weighted by atomic mass is 9.93. The Hall–Kier alpha value is -2.62. The zero-order chi connectivity index (χ0) is 16.9. The number of aromatic carboxylic acids is 1. The lowest BCUT2D eigenvalue weighted by Crippen LogP contribution is -2.32. The Bertz CT molecular complexity index is 705. The molecule has 3 rings (SSSR count). The van der Waals surface area contributed by atoms with Crippen LogP contribution in [-0.4, -0.2) is 23.5 Å². The molecule has 1 unspecified atom stereocenters. The van der Waals surface area contributed by atoms with Gasteiger partial charge in [-0.05, 0) is 48.4 Å². The molecule has 1 saturated carbocycles. The van der Waals surface area contributed by atoms with Gasteiger partial charge in [-0.15, -0.1) is 0 Å². The van der Waals surface area contributed by atoms with Gasteiger partial charge in [0.15, 0.2) is 0 Å². The summed E-state index contributed by atoms with van der Waals surface area (Å²) in [6.07, 6.45) is 2.92. The average Bonchev–Trinajstić information content (AvgIpc) is 3.41. The molecular weight excluding hydrogens is 302 g/mol. The number of carboxylic acids is 1. The molecule has 4 nitrogen and oxygen atoms in total. The van der Waals surface area contributed by atoms with Gasteiger partial charge in [-0.3, -0.25) is 4.79 Å². The molecule has 2 aromatic carbocycles. The first-order chi connectivity index (χ1) is 11.6. The van der Waals surface area contributed by atoms with Crippen molar-refractivity contribution in [3.05, 3.63) is 71.3 Å². The first-order valence-corrected chi connectivity index (χ1v) is 8.30. The van der Waals surface area contributed by atoms with Crippen molar-refractivity contribution in [2.45, 2.75) is 25.2 Å². The van der Waals surface area contributed by atoms with Gasteiger partial charge in [0.1, 0.15) is 0 Å². The number of carbonyl (C=O) groups excluding carboxylic acids is 1. The van der Waals surface area contributed by atoms with Gasteiger partial charge in [0.25, 0.3) is 0 Å². The maximum absolute atomic E-state index is 12.6. The Morgan fingerprint density at radius 1 is 1.04 bits per heavy atom. The average molecular weight is 323 g/mol. The first-order valence-electron chi connectivity index (χ1n) is 8.30. The molecule has 1 aliphatic carbocycles. The molecule has 2 aromatic rings. The molecule has 0 bridgehead atoms. The Kier molecular flexibility index (Phi) is 4.94. The van der Waals surface area contributed by atoms with Crippen molar-refractivity contribution in [3.8, 4) is 0 Å². The van der Waals surface area contributed by atoms with Crippen molar-refractivity contribution in [1.29, 1.82) is 0 Å². The maximum atomic E-state index is 12.6. The van der Waals surface area contributed by atoms with E-state index in [1.165, 1.54) is 0 Å². The summed E-state index contributed by atoms with van der Waals surface area (Å²) < 4.78 is 0. The van der Waals surface area contributed by atoms with E-state index in [0.29, 0.717) is 18.9 Å². The summed E-state index contributed by atoms with van der Waals surface area (Å²) in [5.74, 6) is -0.432. The zero-order valence-electron chi connectivity index (χ0n) is 13.4. The van der Waals surface area contributed by atoms with Crippen LogP contribution >= 0.6 is 0 Å². The number of hydrogen-bond donors (Lipinski definition) is 2. The first kappa shape index (κ1) is 16.2. The largest absolute Gasteiger partial charge is 0.478 e. The summed E-state index contributed by atoms with van der Waals surface area (Å²) in [6, 6.07) is 16.7. The number of amides is 1. The molecule has 1 aliphatic rings. The topological polar surface area (TPSA) is 66.4 Å². The van der Waals surface area contributed by atoms with Crippen LogP contribution in [-0.2, 0) is 11.2 Å². The highest BCUT2D eigenvalue weighted by Gasteiger charge is 2.36. The third-order valence-corrected chi connectivity index (χ3v) is 4.45. The lowest BCUT2D eigenvalue weighted by Gasteiger charge is -2.16. The quantitative estimate of drug-likeness (QED) is 0.822. The molecule has 4 heteroatoms. The Balaban J connectivity index is 1.55. The highest BCUT2D eigenvalue weighted by molar-refractivity contribution is 5.87. The van der Waals surface area contributed by atoms with Crippen LogP contribution in [0, 0.1) is 5.92 Å². The minimum atomic E-state index is -0.926. The Labute approximate surface area is 141 Å². The van der Waals surface area contributed by atoms with Crippen LogP contribution in [0.4, 0.5) is 0 Å². The number of carboxylic acid groups (broad SMARTS) is 1. The number of nitrogens with one attached hydrogen (secondary N) is 1. The van der Waals surface area contributed by atoms with Crippen LogP contribution in [0.15, 0.2) is 54.6 Å². The van der Waals surface area contributed by atoms with Gasteiger partial charge in [-0.1, -0.05) is 42.5 Å². The van der Waals surface area contributed by atoms with Crippen molar-refractivity contribution >= 4 is 11.9 Å². The minimum absolute atomic E-state index is 0.0550. The molecule has 0 radical (unpaired) electrons. The number of carbonyl (C=O) groups is 2. The van der Waals surface area contributed by atoms with Crippen LogP contribution in [0.1, 0.15) is 40.2 Å². The smallest absolute Gasteiger partial charge is 0.335 e. The third-order valence-electron chi connectivity index (χ3n) is 4.45. The fourth-order valence-electron chi connectivity index (χ4n) is 2.98. The standard InChI is InChI=1S/C20H21NO3/c22-19(18(16-10-11-16)15-4-2-1-3-5-15)21-13-12-14-6-8-17(9-7-14)20(23)24/h1-9,16,18H,10-13H2,(H,21,22)(H,23,24). The van der Waals surface area contributed by atoms with Crippen molar-refractivity contribution in [3.63, 3.8) is 0 Å². The molecular formula is C20H21NO3. The highest BCUT2D eigenvalue weighted by atomic mass is 16.4.